The molecule has 2 fully saturated rings. The summed E-state index contributed by atoms with van der Waals surface area (Å²) in [6, 6.07) is 0.492. The average molecular weight is 246 g/mol. The molecule has 0 bridgehead atoms. The minimum atomic E-state index is -2.72. The van der Waals surface area contributed by atoms with E-state index in [1.54, 1.807) is 0 Å². The van der Waals surface area contributed by atoms with Gasteiger partial charge in [0, 0.05) is 25.7 Å². The Hall–Kier alpha value is -0.130. The molecule has 5 heteroatoms. The fourth-order valence-electron chi connectivity index (χ4n) is 2.70. The van der Waals surface area contributed by atoms with E-state index >= 15 is 0 Å². The lowest BCUT2D eigenvalue weighted by molar-refractivity contribution is 0.178. The van der Waals surface area contributed by atoms with Crippen molar-refractivity contribution in [3.8, 4) is 0 Å². The molecule has 0 aromatic rings. The monoisotopic (exact) mass is 246 g/mol. The van der Waals surface area contributed by atoms with Gasteiger partial charge in [-0.25, -0.2) is 8.42 Å². The van der Waals surface area contributed by atoms with Crippen LogP contribution in [0, 0.1) is 5.92 Å². The molecule has 1 atom stereocenters. The van der Waals surface area contributed by atoms with E-state index in [2.05, 4.69) is 17.1 Å². The summed E-state index contributed by atoms with van der Waals surface area (Å²) in [6.45, 7) is 6.55. The third-order valence-corrected chi connectivity index (χ3v) is 5.37. The summed E-state index contributed by atoms with van der Waals surface area (Å²) in [4.78, 5) is 2.49. The van der Waals surface area contributed by atoms with Crippen LogP contribution in [0.1, 0.15) is 19.8 Å². The van der Waals surface area contributed by atoms with E-state index in [0.717, 1.165) is 39.0 Å². The molecular formula is C11H22N2O2S. The Morgan fingerprint density at radius 3 is 2.62 bits per heavy atom. The predicted octanol–water partition coefficient (Wildman–Crippen LogP) is 0.105. The van der Waals surface area contributed by atoms with E-state index in [1.165, 1.54) is 0 Å². The van der Waals surface area contributed by atoms with Gasteiger partial charge < -0.3 is 5.32 Å². The molecule has 0 amide bonds. The van der Waals surface area contributed by atoms with Gasteiger partial charge in [0.05, 0.1) is 11.5 Å². The van der Waals surface area contributed by atoms with Crippen molar-refractivity contribution in [2.75, 3.05) is 37.7 Å². The van der Waals surface area contributed by atoms with Crippen LogP contribution >= 0.6 is 0 Å². The van der Waals surface area contributed by atoms with Crippen LogP contribution in [0.3, 0.4) is 0 Å². The SMILES string of the molecule is CC1CNCCN(C2CCS(=O)(=O)CC2)C1. The Balaban J connectivity index is 1.92. The summed E-state index contributed by atoms with van der Waals surface area (Å²) in [7, 11) is -2.72. The van der Waals surface area contributed by atoms with E-state index in [0.29, 0.717) is 23.5 Å². The van der Waals surface area contributed by atoms with Gasteiger partial charge in [-0.1, -0.05) is 6.92 Å². The maximum absolute atomic E-state index is 11.4. The largest absolute Gasteiger partial charge is 0.315 e. The lowest BCUT2D eigenvalue weighted by Crippen LogP contribution is -2.43. The van der Waals surface area contributed by atoms with E-state index in [4.69, 9.17) is 0 Å². The molecule has 2 aliphatic rings. The van der Waals surface area contributed by atoms with Crippen LogP contribution in [-0.4, -0.2) is 57.0 Å². The summed E-state index contributed by atoms with van der Waals surface area (Å²) in [6.07, 6.45) is 1.66. The van der Waals surface area contributed by atoms with Gasteiger partial charge in [-0.15, -0.1) is 0 Å². The summed E-state index contributed by atoms with van der Waals surface area (Å²) >= 11 is 0. The highest BCUT2D eigenvalue weighted by molar-refractivity contribution is 7.91. The molecule has 1 unspecified atom stereocenters. The molecule has 0 spiro atoms. The lowest BCUT2D eigenvalue weighted by atomic mass is 10.1. The second-order valence-corrected chi connectivity index (χ2v) is 7.49. The quantitative estimate of drug-likeness (QED) is 0.713. The Morgan fingerprint density at radius 1 is 1.25 bits per heavy atom. The smallest absolute Gasteiger partial charge is 0.150 e. The first-order chi connectivity index (χ1) is 7.57. The number of hydrogen-bond acceptors (Lipinski definition) is 4. The number of rotatable bonds is 1. The molecule has 1 N–H and O–H groups in total. The Labute approximate surface area is 98.3 Å². The average Bonchev–Trinajstić information content (AvgIpc) is 2.43. The zero-order valence-electron chi connectivity index (χ0n) is 9.98. The van der Waals surface area contributed by atoms with Gasteiger partial charge in [-0.05, 0) is 25.3 Å². The van der Waals surface area contributed by atoms with Crippen molar-refractivity contribution >= 4 is 9.84 Å². The van der Waals surface area contributed by atoms with E-state index in [9.17, 15) is 8.42 Å². The molecule has 2 heterocycles. The number of sulfone groups is 1. The predicted molar refractivity (Wildman–Crippen MR) is 65.3 cm³/mol. The van der Waals surface area contributed by atoms with Crippen LogP contribution in [0.4, 0.5) is 0 Å². The van der Waals surface area contributed by atoms with Crippen molar-refractivity contribution < 1.29 is 8.42 Å². The van der Waals surface area contributed by atoms with E-state index < -0.39 is 9.84 Å². The zero-order chi connectivity index (χ0) is 11.6. The van der Waals surface area contributed by atoms with Crippen LogP contribution in [-0.2, 0) is 9.84 Å². The topological polar surface area (TPSA) is 49.4 Å². The van der Waals surface area contributed by atoms with Gasteiger partial charge in [-0.3, -0.25) is 4.90 Å². The van der Waals surface area contributed by atoms with E-state index in [1.807, 2.05) is 0 Å². The Bertz CT molecular complexity index is 315. The second kappa shape index (κ2) is 5.02. The van der Waals surface area contributed by atoms with Crippen LogP contribution in [0.15, 0.2) is 0 Å². The third kappa shape index (κ3) is 3.18. The van der Waals surface area contributed by atoms with Crippen molar-refractivity contribution in [1.82, 2.24) is 10.2 Å². The zero-order valence-corrected chi connectivity index (χ0v) is 10.8. The van der Waals surface area contributed by atoms with Crippen LogP contribution in [0.2, 0.25) is 0 Å². The van der Waals surface area contributed by atoms with Crippen molar-refractivity contribution in [2.45, 2.75) is 25.8 Å². The minimum absolute atomic E-state index is 0.385. The molecule has 2 aliphatic heterocycles. The van der Waals surface area contributed by atoms with Gasteiger partial charge in [0.25, 0.3) is 0 Å². The van der Waals surface area contributed by atoms with Gasteiger partial charge in [-0.2, -0.15) is 0 Å². The first-order valence-electron chi connectivity index (χ1n) is 6.22. The number of nitrogens with one attached hydrogen (secondary N) is 1. The molecule has 16 heavy (non-hydrogen) atoms. The number of nitrogens with zero attached hydrogens (tertiary/aromatic N) is 1. The second-order valence-electron chi connectivity index (χ2n) is 5.19. The first kappa shape index (κ1) is 12.3. The van der Waals surface area contributed by atoms with Crippen molar-refractivity contribution in [3.05, 3.63) is 0 Å². The molecule has 4 nitrogen and oxygen atoms in total. The molecule has 0 aromatic heterocycles. The van der Waals surface area contributed by atoms with Crippen LogP contribution in [0.5, 0.6) is 0 Å². The molecule has 94 valence electrons. The molecule has 0 aliphatic carbocycles. The maximum atomic E-state index is 11.4. The van der Waals surface area contributed by atoms with E-state index in [-0.39, 0.29) is 0 Å². The van der Waals surface area contributed by atoms with Gasteiger partial charge >= 0.3 is 0 Å². The Morgan fingerprint density at radius 2 is 1.94 bits per heavy atom. The highest BCUT2D eigenvalue weighted by Crippen LogP contribution is 2.19. The molecule has 2 saturated heterocycles. The minimum Gasteiger partial charge on any atom is -0.315 e. The fraction of sp³-hybridized carbons (Fsp3) is 1.00. The first-order valence-corrected chi connectivity index (χ1v) is 8.04. The van der Waals surface area contributed by atoms with Crippen molar-refractivity contribution in [1.29, 1.82) is 0 Å². The maximum Gasteiger partial charge on any atom is 0.150 e. The lowest BCUT2D eigenvalue weighted by Gasteiger charge is -2.34. The fourth-order valence-corrected chi connectivity index (χ4v) is 4.17. The number of hydrogen-bond donors (Lipinski definition) is 1. The molecule has 0 aromatic carbocycles. The van der Waals surface area contributed by atoms with Crippen LogP contribution in [0.25, 0.3) is 0 Å². The summed E-state index contributed by atoms with van der Waals surface area (Å²) < 4.78 is 22.8. The summed E-state index contributed by atoms with van der Waals surface area (Å²) in [5.41, 5.74) is 0. The highest BCUT2D eigenvalue weighted by Gasteiger charge is 2.29. The normalized spacial score (nSPS) is 33.4. The van der Waals surface area contributed by atoms with Crippen LogP contribution < -0.4 is 5.32 Å². The van der Waals surface area contributed by atoms with Gasteiger partial charge in [0.2, 0.25) is 0 Å². The van der Waals surface area contributed by atoms with Gasteiger partial charge in [0.15, 0.2) is 0 Å². The van der Waals surface area contributed by atoms with Crippen molar-refractivity contribution in [2.24, 2.45) is 5.92 Å². The summed E-state index contributed by atoms with van der Waals surface area (Å²) in [5, 5.41) is 3.42. The Kier molecular flexibility index (Phi) is 3.87. The third-order valence-electron chi connectivity index (χ3n) is 3.66. The summed E-state index contributed by atoms with van der Waals surface area (Å²) in [5.74, 6) is 1.44. The standard InChI is InChI=1S/C11H22N2O2S/c1-10-8-12-4-5-13(9-10)11-2-6-16(14,15)7-3-11/h10-12H,2-9H2,1H3. The molecule has 0 saturated carbocycles. The highest BCUT2D eigenvalue weighted by atomic mass is 32.2. The molecule has 0 radical (unpaired) electrons. The molecule has 2 rings (SSSR count). The van der Waals surface area contributed by atoms with Crippen molar-refractivity contribution in [3.63, 3.8) is 0 Å². The van der Waals surface area contributed by atoms with Gasteiger partial charge in [0.1, 0.15) is 9.84 Å². The molecular weight excluding hydrogens is 224 g/mol.